The lowest BCUT2D eigenvalue weighted by Gasteiger charge is -2.13. The molecule has 0 aliphatic rings. The van der Waals surface area contributed by atoms with Crippen LogP contribution in [0.2, 0.25) is 5.02 Å². The topological polar surface area (TPSA) is 26.2 Å². The van der Waals surface area contributed by atoms with Gasteiger partial charge in [-0.05, 0) is 79.5 Å². The third-order valence-electron chi connectivity index (χ3n) is 5.72. The molecule has 0 aliphatic carbocycles. The van der Waals surface area contributed by atoms with Crippen LogP contribution in [0.4, 0.5) is 0 Å². The minimum absolute atomic E-state index is 0.765. The van der Waals surface area contributed by atoms with E-state index >= 15 is 0 Å². The Hall–Kier alpha value is -2.75. The number of ether oxygens (including phenoxy) is 1. The minimum Gasteiger partial charge on any atom is -0.497 e. The van der Waals surface area contributed by atoms with Crippen molar-refractivity contribution in [3.63, 3.8) is 0 Å². The Morgan fingerprint density at radius 2 is 1.65 bits per heavy atom. The molecule has 1 heterocycles. The Balaban J connectivity index is 1.73. The molecule has 3 nitrogen and oxygen atoms in total. The van der Waals surface area contributed by atoms with Gasteiger partial charge in [0.15, 0.2) is 0 Å². The van der Waals surface area contributed by atoms with Crippen molar-refractivity contribution in [2.75, 3.05) is 20.2 Å². The van der Waals surface area contributed by atoms with E-state index in [1.165, 1.54) is 16.7 Å². The third kappa shape index (κ3) is 4.63. The molecule has 31 heavy (non-hydrogen) atoms. The van der Waals surface area contributed by atoms with Crippen LogP contribution < -0.4 is 10.1 Å². The van der Waals surface area contributed by atoms with E-state index in [0.717, 1.165) is 59.0 Å². The van der Waals surface area contributed by atoms with Gasteiger partial charge in [-0.3, -0.25) is 0 Å². The number of nitrogens with one attached hydrogen (secondary N) is 1. The summed E-state index contributed by atoms with van der Waals surface area (Å²) in [7, 11) is 1.68. The van der Waals surface area contributed by atoms with Crippen LogP contribution in [0.15, 0.2) is 66.7 Å². The van der Waals surface area contributed by atoms with Gasteiger partial charge in [0.2, 0.25) is 0 Å². The number of rotatable bonds is 8. The first kappa shape index (κ1) is 21.5. The largest absolute Gasteiger partial charge is 0.497 e. The second-order valence-electron chi connectivity index (χ2n) is 7.92. The molecular weight excluding hydrogens is 404 g/mol. The van der Waals surface area contributed by atoms with Gasteiger partial charge < -0.3 is 14.6 Å². The second kappa shape index (κ2) is 9.59. The van der Waals surface area contributed by atoms with Crippen LogP contribution in [0, 0.1) is 6.92 Å². The van der Waals surface area contributed by atoms with Gasteiger partial charge in [-0.15, -0.1) is 0 Å². The highest BCUT2D eigenvalue weighted by atomic mass is 35.5. The molecule has 0 unspecified atom stereocenters. The van der Waals surface area contributed by atoms with Crippen molar-refractivity contribution in [2.24, 2.45) is 0 Å². The van der Waals surface area contributed by atoms with E-state index in [4.69, 9.17) is 16.3 Å². The molecule has 0 spiro atoms. The minimum atomic E-state index is 0.765. The number of hydrogen-bond donors (Lipinski definition) is 1. The predicted molar refractivity (Wildman–Crippen MR) is 131 cm³/mol. The SMILES string of the molecule is CCNCCc1ccc(Cn2c(-c3ccc(OC)cc3)c(Cl)c3cc(C)ccc32)cc1. The van der Waals surface area contributed by atoms with Crippen molar-refractivity contribution in [1.29, 1.82) is 0 Å². The summed E-state index contributed by atoms with van der Waals surface area (Å²) in [5, 5.41) is 5.27. The summed E-state index contributed by atoms with van der Waals surface area (Å²) in [4.78, 5) is 0. The van der Waals surface area contributed by atoms with Crippen LogP contribution in [-0.2, 0) is 13.0 Å². The van der Waals surface area contributed by atoms with Gasteiger partial charge in [-0.25, -0.2) is 0 Å². The maximum Gasteiger partial charge on any atom is 0.118 e. The number of likely N-dealkylation sites (N-methyl/N-ethyl adjacent to an activating group) is 1. The lowest BCUT2D eigenvalue weighted by atomic mass is 10.1. The van der Waals surface area contributed by atoms with Gasteiger partial charge in [-0.2, -0.15) is 0 Å². The number of methoxy groups -OCH3 is 1. The Labute approximate surface area is 189 Å². The van der Waals surface area contributed by atoms with Crippen LogP contribution in [0.5, 0.6) is 5.75 Å². The lowest BCUT2D eigenvalue weighted by Crippen LogP contribution is -2.16. The molecule has 4 rings (SSSR count). The number of fused-ring (bicyclic) bond motifs is 1. The van der Waals surface area contributed by atoms with Crippen LogP contribution in [0.1, 0.15) is 23.6 Å². The fraction of sp³-hybridized carbons (Fsp3) is 0.259. The van der Waals surface area contributed by atoms with E-state index in [2.05, 4.69) is 78.3 Å². The summed E-state index contributed by atoms with van der Waals surface area (Å²) >= 11 is 6.95. The van der Waals surface area contributed by atoms with Gasteiger partial charge in [0.1, 0.15) is 5.75 Å². The van der Waals surface area contributed by atoms with E-state index in [-0.39, 0.29) is 0 Å². The fourth-order valence-corrected chi connectivity index (χ4v) is 4.39. The van der Waals surface area contributed by atoms with Gasteiger partial charge in [0, 0.05) is 11.9 Å². The Morgan fingerprint density at radius 1 is 0.935 bits per heavy atom. The molecule has 0 amide bonds. The van der Waals surface area contributed by atoms with Crippen molar-refractivity contribution in [3.8, 4) is 17.0 Å². The summed E-state index contributed by atoms with van der Waals surface area (Å²) in [5.74, 6) is 0.839. The third-order valence-corrected chi connectivity index (χ3v) is 6.11. The summed E-state index contributed by atoms with van der Waals surface area (Å²) < 4.78 is 7.66. The molecular formula is C27H29ClN2O. The van der Waals surface area contributed by atoms with Gasteiger partial charge >= 0.3 is 0 Å². The first-order valence-corrected chi connectivity index (χ1v) is 11.2. The molecule has 0 fully saturated rings. The zero-order valence-corrected chi connectivity index (χ0v) is 19.2. The average Bonchev–Trinajstić information content (AvgIpc) is 3.06. The monoisotopic (exact) mass is 432 g/mol. The number of aromatic nitrogens is 1. The summed E-state index contributed by atoms with van der Waals surface area (Å²) in [6.07, 6.45) is 1.04. The zero-order valence-electron chi connectivity index (χ0n) is 18.4. The standard InChI is InChI=1S/C27H29ClN2O/c1-4-29-16-15-20-6-8-21(9-7-20)18-30-25-14-5-19(2)17-24(25)26(28)27(30)22-10-12-23(31-3)13-11-22/h5-14,17,29H,4,15-16,18H2,1-3H3. The lowest BCUT2D eigenvalue weighted by molar-refractivity contribution is 0.415. The van der Waals surface area contributed by atoms with Crippen molar-refractivity contribution < 1.29 is 4.74 Å². The van der Waals surface area contributed by atoms with Crippen molar-refractivity contribution >= 4 is 22.5 Å². The Morgan fingerprint density at radius 3 is 2.32 bits per heavy atom. The van der Waals surface area contributed by atoms with Crippen molar-refractivity contribution in [1.82, 2.24) is 9.88 Å². The van der Waals surface area contributed by atoms with Crippen molar-refractivity contribution in [3.05, 3.63) is 88.4 Å². The maximum absolute atomic E-state index is 6.95. The number of hydrogen-bond acceptors (Lipinski definition) is 2. The predicted octanol–water partition coefficient (Wildman–Crippen LogP) is 6.48. The Bertz CT molecular complexity index is 1160. The highest BCUT2D eigenvalue weighted by molar-refractivity contribution is 6.38. The van der Waals surface area contributed by atoms with Gasteiger partial charge in [0.25, 0.3) is 0 Å². The molecule has 1 N–H and O–H groups in total. The number of halogens is 1. The molecule has 0 radical (unpaired) electrons. The van der Waals surface area contributed by atoms with Crippen LogP contribution in [0.25, 0.3) is 22.2 Å². The second-order valence-corrected chi connectivity index (χ2v) is 8.30. The first-order chi connectivity index (χ1) is 15.1. The average molecular weight is 433 g/mol. The maximum atomic E-state index is 6.95. The molecule has 0 bridgehead atoms. The molecule has 0 saturated heterocycles. The van der Waals surface area contributed by atoms with E-state index in [1.54, 1.807) is 7.11 Å². The molecule has 4 aromatic rings. The molecule has 0 atom stereocenters. The molecule has 4 heteroatoms. The molecule has 3 aromatic carbocycles. The van der Waals surface area contributed by atoms with Gasteiger partial charge in [-0.1, -0.05) is 54.4 Å². The molecule has 0 aliphatic heterocycles. The summed E-state index contributed by atoms with van der Waals surface area (Å²) in [6, 6.07) is 23.5. The van der Waals surface area contributed by atoms with E-state index in [0.29, 0.717) is 0 Å². The first-order valence-electron chi connectivity index (χ1n) is 10.8. The highest BCUT2D eigenvalue weighted by Crippen LogP contribution is 2.39. The van der Waals surface area contributed by atoms with E-state index < -0.39 is 0 Å². The summed E-state index contributed by atoms with van der Waals surface area (Å²) in [6.45, 7) is 7.02. The smallest absolute Gasteiger partial charge is 0.118 e. The Kier molecular flexibility index (Phi) is 6.64. The van der Waals surface area contributed by atoms with E-state index in [1.807, 2.05) is 12.1 Å². The number of nitrogens with zero attached hydrogens (tertiary/aromatic N) is 1. The fourth-order valence-electron chi connectivity index (χ4n) is 4.03. The normalized spacial score (nSPS) is 11.2. The van der Waals surface area contributed by atoms with Crippen LogP contribution in [-0.4, -0.2) is 24.8 Å². The van der Waals surface area contributed by atoms with Crippen LogP contribution >= 0.6 is 11.6 Å². The zero-order chi connectivity index (χ0) is 21.8. The quantitative estimate of drug-likeness (QED) is 0.322. The number of aryl methyl sites for hydroxylation is 1. The van der Waals surface area contributed by atoms with Gasteiger partial charge in [0.05, 0.1) is 23.3 Å². The summed E-state index contributed by atoms with van der Waals surface area (Å²) in [5.41, 5.74) is 7.10. The van der Waals surface area contributed by atoms with Crippen molar-refractivity contribution in [2.45, 2.75) is 26.8 Å². The highest BCUT2D eigenvalue weighted by Gasteiger charge is 2.18. The number of benzene rings is 3. The molecule has 1 aromatic heterocycles. The molecule has 0 saturated carbocycles. The molecule has 160 valence electrons. The van der Waals surface area contributed by atoms with Crippen LogP contribution in [0.3, 0.4) is 0 Å². The van der Waals surface area contributed by atoms with E-state index in [9.17, 15) is 0 Å².